The molecule has 1 amide bonds. The third-order valence-corrected chi connectivity index (χ3v) is 4.99. The van der Waals surface area contributed by atoms with Crippen molar-refractivity contribution in [2.45, 2.75) is 51.5 Å². The van der Waals surface area contributed by atoms with E-state index in [1.165, 1.54) is 0 Å². The van der Waals surface area contributed by atoms with Crippen molar-refractivity contribution >= 4 is 23.6 Å². The second kappa shape index (κ2) is 7.17. The molecule has 19 heavy (non-hydrogen) atoms. The Hall–Kier alpha value is -0.710. The lowest BCUT2D eigenvalue weighted by atomic mass is 9.79. The predicted molar refractivity (Wildman–Crippen MR) is 78.4 cm³/mol. The molecule has 4 nitrogen and oxygen atoms in total. The van der Waals surface area contributed by atoms with Crippen molar-refractivity contribution < 1.29 is 14.7 Å². The number of carboxylic acids is 1. The van der Waals surface area contributed by atoms with E-state index < -0.39 is 5.97 Å². The number of aliphatic carboxylic acids is 1. The van der Waals surface area contributed by atoms with E-state index in [1.54, 1.807) is 16.7 Å². The van der Waals surface area contributed by atoms with Gasteiger partial charge >= 0.3 is 5.97 Å². The quantitative estimate of drug-likeness (QED) is 0.782. The Bertz CT molecular complexity index is 327. The van der Waals surface area contributed by atoms with Gasteiger partial charge in [-0.2, -0.15) is 11.8 Å². The average Bonchev–Trinajstić information content (AvgIpc) is 2.75. The molecular weight excluding hydrogens is 262 g/mol. The Labute approximate surface area is 119 Å². The molecule has 5 heteroatoms. The summed E-state index contributed by atoms with van der Waals surface area (Å²) in [5, 5.41) is 9.06. The van der Waals surface area contributed by atoms with Crippen LogP contribution in [-0.2, 0) is 9.59 Å². The van der Waals surface area contributed by atoms with Gasteiger partial charge in [-0.25, -0.2) is 0 Å². The molecule has 1 saturated carbocycles. The van der Waals surface area contributed by atoms with Crippen LogP contribution in [0.3, 0.4) is 0 Å². The Kier molecular flexibility index (Phi) is 6.17. The zero-order valence-electron chi connectivity index (χ0n) is 12.1. The fourth-order valence-electron chi connectivity index (χ4n) is 2.91. The number of rotatable bonds is 7. The van der Waals surface area contributed by atoms with Crippen LogP contribution >= 0.6 is 11.8 Å². The molecule has 0 spiro atoms. The molecule has 1 fully saturated rings. The summed E-state index contributed by atoms with van der Waals surface area (Å²) >= 11 is 1.72. The van der Waals surface area contributed by atoms with Crippen molar-refractivity contribution in [3.05, 3.63) is 0 Å². The van der Waals surface area contributed by atoms with Gasteiger partial charge in [-0.05, 0) is 31.4 Å². The first-order chi connectivity index (χ1) is 8.90. The number of hydrogen-bond acceptors (Lipinski definition) is 3. The highest BCUT2D eigenvalue weighted by molar-refractivity contribution is 7.98. The lowest BCUT2D eigenvalue weighted by Crippen LogP contribution is -2.39. The minimum absolute atomic E-state index is 0.0877. The van der Waals surface area contributed by atoms with Gasteiger partial charge in [0, 0.05) is 25.3 Å². The average molecular weight is 287 g/mol. The van der Waals surface area contributed by atoms with E-state index in [-0.39, 0.29) is 23.8 Å². The zero-order chi connectivity index (χ0) is 14.5. The Balaban J connectivity index is 2.63. The van der Waals surface area contributed by atoms with Crippen LogP contribution in [-0.4, -0.2) is 47.0 Å². The molecule has 0 aromatic heterocycles. The lowest BCUT2D eigenvalue weighted by Gasteiger charge is -2.31. The fourth-order valence-corrected chi connectivity index (χ4v) is 3.61. The van der Waals surface area contributed by atoms with Crippen LogP contribution < -0.4 is 0 Å². The molecular formula is C14H25NO3S. The van der Waals surface area contributed by atoms with Gasteiger partial charge < -0.3 is 10.0 Å². The van der Waals surface area contributed by atoms with Gasteiger partial charge in [-0.15, -0.1) is 0 Å². The highest BCUT2D eigenvalue weighted by atomic mass is 32.2. The summed E-state index contributed by atoms with van der Waals surface area (Å²) < 4.78 is 0. The van der Waals surface area contributed by atoms with E-state index in [0.29, 0.717) is 6.42 Å². The van der Waals surface area contributed by atoms with Crippen molar-refractivity contribution in [1.29, 1.82) is 0 Å². The van der Waals surface area contributed by atoms with Crippen LogP contribution in [0, 0.1) is 5.41 Å². The number of carboxylic acid groups (broad SMARTS) is 1. The second-order valence-electron chi connectivity index (χ2n) is 5.76. The molecule has 0 bridgehead atoms. The Morgan fingerprint density at radius 1 is 1.32 bits per heavy atom. The SMILES string of the molecule is CSCC(C)N(C)C(=O)CC1(CC(=O)O)CCCC1. The van der Waals surface area contributed by atoms with Gasteiger partial charge in [0.05, 0.1) is 6.42 Å². The maximum absolute atomic E-state index is 12.3. The molecule has 0 radical (unpaired) electrons. The summed E-state index contributed by atoms with van der Waals surface area (Å²) in [7, 11) is 1.83. The smallest absolute Gasteiger partial charge is 0.303 e. The van der Waals surface area contributed by atoms with Gasteiger partial charge in [-0.1, -0.05) is 12.8 Å². The summed E-state index contributed by atoms with van der Waals surface area (Å²) in [6.45, 7) is 2.03. The molecule has 1 N–H and O–H groups in total. The molecule has 1 aliphatic carbocycles. The number of amides is 1. The number of hydrogen-bond donors (Lipinski definition) is 1. The summed E-state index contributed by atoms with van der Waals surface area (Å²) in [6.07, 6.45) is 6.37. The maximum atomic E-state index is 12.3. The number of thioether (sulfide) groups is 1. The molecule has 1 unspecified atom stereocenters. The first-order valence-corrected chi connectivity index (χ1v) is 8.26. The lowest BCUT2D eigenvalue weighted by molar-refractivity contribution is -0.141. The first kappa shape index (κ1) is 16.3. The largest absolute Gasteiger partial charge is 0.481 e. The molecule has 0 heterocycles. The summed E-state index contributed by atoms with van der Waals surface area (Å²) in [4.78, 5) is 25.1. The van der Waals surface area contributed by atoms with Crippen molar-refractivity contribution in [3.63, 3.8) is 0 Å². The standard InChI is InChI=1S/C14H25NO3S/c1-11(10-19-3)15(2)12(16)8-14(9-13(17)18)6-4-5-7-14/h11H,4-10H2,1-3H3,(H,17,18). The number of nitrogens with zero attached hydrogens (tertiary/aromatic N) is 1. The number of carbonyl (C=O) groups is 2. The summed E-state index contributed by atoms with van der Waals surface area (Å²) in [6, 6.07) is 0.200. The van der Waals surface area contributed by atoms with E-state index in [2.05, 4.69) is 0 Å². The van der Waals surface area contributed by atoms with Crippen LogP contribution in [0.2, 0.25) is 0 Å². The van der Waals surface area contributed by atoms with E-state index >= 15 is 0 Å². The van der Waals surface area contributed by atoms with E-state index in [1.807, 2.05) is 20.2 Å². The van der Waals surface area contributed by atoms with Gasteiger partial charge in [0.15, 0.2) is 0 Å². The number of carbonyl (C=O) groups excluding carboxylic acids is 1. The van der Waals surface area contributed by atoms with Crippen LogP contribution in [0.25, 0.3) is 0 Å². The Morgan fingerprint density at radius 3 is 2.37 bits per heavy atom. The van der Waals surface area contributed by atoms with Crippen molar-refractivity contribution in [2.24, 2.45) is 5.41 Å². The summed E-state index contributed by atoms with van der Waals surface area (Å²) in [5.74, 6) is 0.216. The van der Waals surface area contributed by atoms with Crippen LogP contribution in [0.5, 0.6) is 0 Å². The maximum Gasteiger partial charge on any atom is 0.303 e. The highest BCUT2D eigenvalue weighted by Gasteiger charge is 2.38. The molecule has 1 atom stereocenters. The van der Waals surface area contributed by atoms with Crippen LogP contribution in [0.15, 0.2) is 0 Å². The third kappa shape index (κ3) is 4.71. The molecule has 0 aromatic carbocycles. The molecule has 0 saturated heterocycles. The van der Waals surface area contributed by atoms with Crippen LogP contribution in [0.4, 0.5) is 0 Å². The minimum Gasteiger partial charge on any atom is -0.481 e. The van der Waals surface area contributed by atoms with E-state index in [4.69, 9.17) is 5.11 Å². The van der Waals surface area contributed by atoms with Gasteiger partial charge in [-0.3, -0.25) is 9.59 Å². The van der Waals surface area contributed by atoms with Gasteiger partial charge in [0.1, 0.15) is 0 Å². The van der Waals surface area contributed by atoms with Crippen molar-refractivity contribution in [3.8, 4) is 0 Å². The first-order valence-electron chi connectivity index (χ1n) is 6.86. The van der Waals surface area contributed by atoms with E-state index in [0.717, 1.165) is 31.4 Å². The normalized spacial score (nSPS) is 19.1. The third-order valence-electron chi connectivity index (χ3n) is 4.18. The molecule has 1 rings (SSSR count). The fraction of sp³-hybridized carbons (Fsp3) is 0.857. The minimum atomic E-state index is -0.783. The Morgan fingerprint density at radius 2 is 1.89 bits per heavy atom. The molecule has 1 aliphatic rings. The highest BCUT2D eigenvalue weighted by Crippen LogP contribution is 2.44. The van der Waals surface area contributed by atoms with Crippen LogP contribution in [0.1, 0.15) is 45.4 Å². The molecule has 0 aromatic rings. The second-order valence-corrected chi connectivity index (χ2v) is 6.67. The molecule has 0 aliphatic heterocycles. The van der Waals surface area contributed by atoms with E-state index in [9.17, 15) is 9.59 Å². The predicted octanol–water partition coefficient (Wildman–Crippen LogP) is 2.62. The van der Waals surface area contributed by atoms with Gasteiger partial charge in [0.2, 0.25) is 5.91 Å². The monoisotopic (exact) mass is 287 g/mol. The molecule has 110 valence electrons. The van der Waals surface area contributed by atoms with Crippen molar-refractivity contribution in [1.82, 2.24) is 4.90 Å². The van der Waals surface area contributed by atoms with Crippen molar-refractivity contribution in [2.75, 3.05) is 19.1 Å². The zero-order valence-corrected chi connectivity index (χ0v) is 13.0. The van der Waals surface area contributed by atoms with Gasteiger partial charge in [0.25, 0.3) is 0 Å². The summed E-state index contributed by atoms with van der Waals surface area (Å²) in [5.41, 5.74) is -0.295. The topological polar surface area (TPSA) is 57.6 Å².